The predicted octanol–water partition coefficient (Wildman–Crippen LogP) is 3.83. The molecule has 1 atom stereocenters. The van der Waals surface area contributed by atoms with E-state index in [1.165, 1.54) is 4.88 Å². The van der Waals surface area contributed by atoms with Crippen molar-refractivity contribution in [3.05, 3.63) is 22.4 Å². The van der Waals surface area contributed by atoms with Crippen molar-refractivity contribution in [3.8, 4) is 0 Å². The summed E-state index contributed by atoms with van der Waals surface area (Å²) < 4.78 is 5.13. The minimum Gasteiger partial charge on any atom is -0.466 e. The van der Waals surface area contributed by atoms with Gasteiger partial charge in [0.1, 0.15) is 0 Å². The maximum atomic E-state index is 11.8. The van der Waals surface area contributed by atoms with Crippen LogP contribution in [0.5, 0.6) is 0 Å². The number of esters is 1. The fourth-order valence-electron chi connectivity index (χ4n) is 3.24. The third kappa shape index (κ3) is 7.82. The Morgan fingerprint density at radius 2 is 2.12 bits per heavy atom. The van der Waals surface area contributed by atoms with E-state index < -0.39 is 0 Å². The number of hydrogen-bond acceptors (Lipinski definition) is 4. The zero-order valence-corrected chi connectivity index (χ0v) is 19.1. The molecule has 1 heterocycles. The van der Waals surface area contributed by atoms with Crippen molar-refractivity contribution in [1.82, 2.24) is 10.6 Å². The van der Waals surface area contributed by atoms with E-state index >= 15 is 0 Å². The Balaban J connectivity index is 0.00000338. The first kappa shape index (κ1) is 23.2. The molecule has 0 aliphatic heterocycles. The second kappa shape index (κ2) is 12.5. The van der Waals surface area contributed by atoms with Crippen LogP contribution >= 0.6 is 35.3 Å². The van der Waals surface area contributed by atoms with Gasteiger partial charge in [-0.1, -0.05) is 13.0 Å². The average molecular weight is 493 g/mol. The number of nitrogens with zero attached hydrogens (tertiary/aromatic N) is 1. The molecule has 2 N–H and O–H groups in total. The van der Waals surface area contributed by atoms with Gasteiger partial charge in [-0.2, -0.15) is 0 Å². The Morgan fingerprint density at radius 3 is 2.69 bits per heavy atom. The van der Waals surface area contributed by atoms with Crippen molar-refractivity contribution >= 4 is 47.2 Å². The number of guanidine groups is 1. The summed E-state index contributed by atoms with van der Waals surface area (Å²) >= 11 is 1.81. The minimum absolute atomic E-state index is 0. The number of aliphatic imine (C=N–C) groups is 1. The molecular formula is C19H32IN3O2S. The lowest BCUT2D eigenvalue weighted by Crippen LogP contribution is -2.46. The number of rotatable bonds is 7. The normalized spacial score (nSPS) is 21.4. The first-order valence-electron chi connectivity index (χ1n) is 9.28. The van der Waals surface area contributed by atoms with Gasteiger partial charge in [0, 0.05) is 24.5 Å². The molecule has 148 valence electrons. The standard InChI is InChI=1S/C19H31N3O2S.HI/c1-4-24-18(23)15-7-9-16(10-8-15)22-19(20-3)21-13-14(2)12-17-6-5-11-25-17;/h5-6,11,14-16H,4,7-10,12-13H2,1-3H3,(H2,20,21,22);1H. The highest BCUT2D eigenvalue weighted by Gasteiger charge is 2.27. The van der Waals surface area contributed by atoms with E-state index in [9.17, 15) is 4.79 Å². The van der Waals surface area contributed by atoms with Gasteiger partial charge in [-0.15, -0.1) is 35.3 Å². The summed E-state index contributed by atoms with van der Waals surface area (Å²) in [6, 6.07) is 4.67. The lowest BCUT2D eigenvalue weighted by molar-refractivity contribution is -0.149. The van der Waals surface area contributed by atoms with Crippen molar-refractivity contribution in [2.45, 2.75) is 52.0 Å². The molecule has 1 aromatic heterocycles. The van der Waals surface area contributed by atoms with E-state index in [1.807, 2.05) is 25.3 Å². The van der Waals surface area contributed by atoms with Gasteiger partial charge in [0.25, 0.3) is 0 Å². The molecule has 0 spiro atoms. The number of carbonyl (C=O) groups excluding carboxylic acids is 1. The quantitative estimate of drug-likeness (QED) is 0.262. The van der Waals surface area contributed by atoms with Gasteiger partial charge in [0.2, 0.25) is 0 Å². The van der Waals surface area contributed by atoms with E-state index in [4.69, 9.17) is 4.74 Å². The van der Waals surface area contributed by atoms with E-state index in [0.29, 0.717) is 18.6 Å². The maximum absolute atomic E-state index is 11.8. The molecule has 1 fully saturated rings. The van der Waals surface area contributed by atoms with E-state index in [0.717, 1.165) is 44.6 Å². The van der Waals surface area contributed by atoms with E-state index in [-0.39, 0.29) is 35.9 Å². The monoisotopic (exact) mass is 493 g/mol. The van der Waals surface area contributed by atoms with Crippen LogP contribution in [-0.4, -0.2) is 38.2 Å². The zero-order valence-electron chi connectivity index (χ0n) is 16.0. The summed E-state index contributed by atoms with van der Waals surface area (Å²) in [6.07, 6.45) is 4.83. The molecule has 26 heavy (non-hydrogen) atoms. The SMILES string of the molecule is CCOC(=O)C1CCC(NC(=NC)NCC(C)Cc2cccs2)CC1.I. The van der Waals surface area contributed by atoms with Crippen LogP contribution in [0, 0.1) is 11.8 Å². The molecule has 0 amide bonds. The van der Waals surface area contributed by atoms with E-state index in [2.05, 4.69) is 40.1 Å². The van der Waals surface area contributed by atoms with Gasteiger partial charge >= 0.3 is 5.97 Å². The second-order valence-electron chi connectivity index (χ2n) is 6.79. The first-order chi connectivity index (χ1) is 12.1. The minimum atomic E-state index is -0.0362. The molecule has 1 aromatic rings. The third-order valence-corrected chi connectivity index (χ3v) is 5.56. The summed E-state index contributed by atoms with van der Waals surface area (Å²) in [4.78, 5) is 17.6. The van der Waals surface area contributed by atoms with Crippen LogP contribution in [0.1, 0.15) is 44.4 Å². The van der Waals surface area contributed by atoms with Crippen LogP contribution in [0.3, 0.4) is 0 Å². The van der Waals surface area contributed by atoms with Crippen LogP contribution in [-0.2, 0) is 16.0 Å². The van der Waals surface area contributed by atoms with Gasteiger partial charge < -0.3 is 15.4 Å². The molecule has 1 unspecified atom stereocenters. The fraction of sp³-hybridized carbons (Fsp3) is 0.684. The summed E-state index contributed by atoms with van der Waals surface area (Å²) in [7, 11) is 1.81. The first-order valence-corrected chi connectivity index (χ1v) is 10.2. The summed E-state index contributed by atoms with van der Waals surface area (Å²) in [5, 5.41) is 9.06. The number of nitrogens with one attached hydrogen (secondary N) is 2. The average Bonchev–Trinajstić information content (AvgIpc) is 3.12. The maximum Gasteiger partial charge on any atom is 0.308 e. The molecule has 1 aliphatic carbocycles. The van der Waals surface area contributed by atoms with Crippen LogP contribution in [0.25, 0.3) is 0 Å². The second-order valence-corrected chi connectivity index (χ2v) is 7.82. The number of ether oxygens (including phenoxy) is 1. The topological polar surface area (TPSA) is 62.7 Å². The molecule has 7 heteroatoms. The highest BCUT2D eigenvalue weighted by atomic mass is 127. The third-order valence-electron chi connectivity index (χ3n) is 4.66. The van der Waals surface area contributed by atoms with Gasteiger partial charge in [0.15, 0.2) is 5.96 Å². The van der Waals surface area contributed by atoms with Crippen LogP contribution in [0.4, 0.5) is 0 Å². The molecule has 1 aliphatic rings. The number of carbonyl (C=O) groups is 1. The molecule has 2 rings (SSSR count). The lowest BCUT2D eigenvalue weighted by Gasteiger charge is -2.29. The van der Waals surface area contributed by atoms with Gasteiger partial charge in [0.05, 0.1) is 12.5 Å². The molecular weight excluding hydrogens is 461 g/mol. The van der Waals surface area contributed by atoms with Gasteiger partial charge in [-0.3, -0.25) is 9.79 Å². The van der Waals surface area contributed by atoms with Crippen molar-refractivity contribution in [2.75, 3.05) is 20.2 Å². The molecule has 0 bridgehead atoms. The highest BCUT2D eigenvalue weighted by Crippen LogP contribution is 2.25. The summed E-state index contributed by atoms with van der Waals surface area (Å²) in [5.74, 6) is 1.44. The Hall–Kier alpha value is -0.830. The predicted molar refractivity (Wildman–Crippen MR) is 119 cm³/mol. The van der Waals surface area contributed by atoms with Crippen molar-refractivity contribution in [3.63, 3.8) is 0 Å². The van der Waals surface area contributed by atoms with Crippen LogP contribution < -0.4 is 10.6 Å². The zero-order chi connectivity index (χ0) is 18.1. The smallest absolute Gasteiger partial charge is 0.308 e. The Morgan fingerprint density at radius 1 is 1.38 bits per heavy atom. The summed E-state index contributed by atoms with van der Waals surface area (Å²) in [5.41, 5.74) is 0. The Labute approximate surface area is 178 Å². The Kier molecular flexibility index (Phi) is 11.2. The molecule has 0 saturated heterocycles. The lowest BCUT2D eigenvalue weighted by atomic mass is 9.86. The largest absolute Gasteiger partial charge is 0.466 e. The Bertz CT molecular complexity index is 543. The van der Waals surface area contributed by atoms with Crippen molar-refractivity contribution in [1.29, 1.82) is 0 Å². The van der Waals surface area contributed by atoms with Crippen molar-refractivity contribution in [2.24, 2.45) is 16.8 Å². The van der Waals surface area contributed by atoms with Crippen LogP contribution in [0.15, 0.2) is 22.5 Å². The van der Waals surface area contributed by atoms with E-state index in [1.54, 1.807) is 0 Å². The number of halogens is 1. The fourth-order valence-corrected chi connectivity index (χ4v) is 4.11. The number of hydrogen-bond donors (Lipinski definition) is 2. The van der Waals surface area contributed by atoms with Crippen molar-refractivity contribution < 1.29 is 9.53 Å². The number of thiophene rings is 1. The van der Waals surface area contributed by atoms with Crippen LogP contribution in [0.2, 0.25) is 0 Å². The molecule has 0 radical (unpaired) electrons. The molecule has 0 aromatic carbocycles. The summed E-state index contributed by atoms with van der Waals surface area (Å²) in [6.45, 7) is 5.48. The molecule has 1 saturated carbocycles. The van der Waals surface area contributed by atoms with Gasteiger partial charge in [-0.05, 0) is 56.4 Å². The van der Waals surface area contributed by atoms with Gasteiger partial charge in [-0.25, -0.2) is 0 Å². The molecule has 5 nitrogen and oxygen atoms in total. The highest BCUT2D eigenvalue weighted by molar-refractivity contribution is 14.0.